The molecule has 1 saturated carbocycles. The number of nitrogens with two attached hydrogens (primary N) is 1. The molecule has 0 bridgehead atoms. The van der Waals surface area contributed by atoms with Gasteiger partial charge in [-0.05, 0) is 32.1 Å². The van der Waals surface area contributed by atoms with E-state index in [0.29, 0.717) is 0 Å². The van der Waals surface area contributed by atoms with Crippen molar-refractivity contribution in [2.75, 3.05) is 13.1 Å². The average molecular weight is 210 g/mol. The van der Waals surface area contributed by atoms with Crippen LogP contribution in [-0.2, 0) is 4.79 Å². The molecule has 0 spiro atoms. The molecular formula is C12H22N2O. The van der Waals surface area contributed by atoms with Gasteiger partial charge in [-0.3, -0.25) is 4.79 Å². The molecule has 1 heterocycles. The average Bonchev–Trinajstić information content (AvgIpc) is 2.30. The summed E-state index contributed by atoms with van der Waals surface area (Å²) in [6.45, 7) is 1.86. The molecule has 2 N–H and O–H groups in total. The van der Waals surface area contributed by atoms with Crippen molar-refractivity contribution in [2.45, 2.75) is 56.9 Å². The van der Waals surface area contributed by atoms with Crippen molar-refractivity contribution in [3.63, 3.8) is 0 Å². The molecule has 0 aromatic carbocycles. The molecule has 15 heavy (non-hydrogen) atoms. The Kier molecular flexibility index (Phi) is 3.29. The second kappa shape index (κ2) is 4.52. The molecule has 0 atom stereocenters. The zero-order valence-corrected chi connectivity index (χ0v) is 9.50. The molecular weight excluding hydrogens is 188 g/mol. The molecule has 2 fully saturated rings. The Bertz CT molecular complexity index is 228. The molecule has 1 aliphatic carbocycles. The number of likely N-dealkylation sites (tertiary alicyclic amines) is 1. The summed E-state index contributed by atoms with van der Waals surface area (Å²) in [5, 5.41) is 0. The van der Waals surface area contributed by atoms with Crippen LogP contribution >= 0.6 is 0 Å². The number of carbonyl (C=O) groups is 1. The molecule has 0 radical (unpaired) electrons. The first-order chi connectivity index (χ1) is 7.22. The lowest BCUT2D eigenvalue weighted by Crippen LogP contribution is -2.57. The van der Waals surface area contributed by atoms with Gasteiger partial charge in [-0.15, -0.1) is 0 Å². The quantitative estimate of drug-likeness (QED) is 0.715. The monoisotopic (exact) mass is 210 g/mol. The highest BCUT2D eigenvalue weighted by atomic mass is 16.2. The molecule has 2 aliphatic rings. The maximum absolute atomic E-state index is 12.3. The van der Waals surface area contributed by atoms with Crippen LogP contribution in [0.4, 0.5) is 0 Å². The van der Waals surface area contributed by atoms with Crippen LogP contribution in [0, 0.1) is 0 Å². The number of hydrogen-bond acceptors (Lipinski definition) is 2. The number of hydrogen-bond donors (Lipinski definition) is 1. The zero-order valence-electron chi connectivity index (χ0n) is 9.50. The first-order valence-electron chi connectivity index (χ1n) is 6.31. The standard InChI is InChI=1S/C12H22N2O/c13-12(7-3-1-4-8-12)11(15)14-9-5-2-6-10-14/h1-10,13H2. The summed E-state index contributed by atoms with van der Waals surface area (Å²) in [7, 11) is 0. The van der Waals surface area contributed by atoms with Crippen LogP contribution < -0.4 is 5.73 Å². The third-order valence-corrected chi connectivity index (χ3v) is 3.81. The van der Waals surface area contributed by atoms with Crippen LogP contribution in [0.3, 0.4) is 0 Å². The van der Waals surface area contributed by atoms with Crippen molar-refractivity contribution in [1.29, 1.82) is 0 Å². The number of rotatable bonds is 1. The summed E-state index contributed by atoms with van der Waals surface area (Å²) in [5.74, 6) is 0.224. The van der Waals surface area contributed by atoms with Crippen molar-refractivity contribution in [1.82, 2.24) is 4.90 Å². The minimum atomic E-state index is -0.518. The Morgan fingerprint density at radius 1 is 0.933 bits per heavy atom. The van der Waals surface area contributed by atoms with Crippen molar-refractivity contribution in [3.8, 4) is 0 Å². The molecule has 1 amide bonds. The largest absolute Gasteiger partial charge is 0.341 e. The van der Waals surface area contributed by atoms with E-state index >= 15 is 0 Å². The van der Waals surface area contributed by atoms with E-state index in [1.807, 2.05) is 4.90 Å². The van der Waals surface area contributed by atoms with Gasteiger partial charge in [-0.1, -0.05) is 19.3 Å². The van der Waals surface area contributed by atoms with Crippen molar-refractivity contribution < 1.29 is 4.79 Å². The van der Waals surface area contributed by atoms with Crippen molar-refractivity contribution >= 4 is 5.91 Å². The van der Waals surface area contributed by atoms with Crippen molar-refractivity contribution in [2.24, 2.45) is 5.73 Å². The lowest BCUT2D eigenvalue weighted by atomic mass is 9.81. The van der Waals surface area contributed by atoms with Gasteiger partial charge in [0.1, 0.15) is 0 Å². The molecule has 3 nitrogen and oxygen atoms in total. The van der Waals surface area contributed by atoms with Crippen LogP contribution in [0.1, 0.15) is 51.4 Å². The minimum absolute atomic E-state index is 0.224. The van der Waals surface area contributed by atoms with Crippen LogP contribution in [0.25, 0.3) is 0 Å². The van der Waals surface area contributed by atoms with Crippen molar-refractivity contribution in [3.05, 3.63) is 0 Å². The fourth-order valence-corrected chi connectivity index (χ4v) is 2.81. The maximum Gasteiger partial charge on any atom is 0.242 e. The highest BCUT2D eigenvalue weighted by Crippen LogP contribution is 2.28. The summed E-state index contributed by atoms with van der Waals surface area (Å²) in [4.78, 5) is 14.3. The fraction of sp³-hybridized carbons (Fsp3) is 0.917. The van der Waals surface area contributed by atoms with E-state index < -0.39 is 5.54 Å². The predicted molar refractivity (Wildman–Crippen MR) is 60.4 cm³/mol. The van der Waals surface area contributed by atoms with E-state index in [2.05, 4.69) is 0 Å². The summed E-state index contributed by atoms with van der Waals surface area (Å²) in [6, 6.07) is 0. The molecule has 0 aromatic heterocycles. The highest BCUT2D eigenvalue weighted by molar-refractivity contribution is 5.86. The van der Waals surface area contributed by atoms with E-state index in [0.717, 1.165) is 51.6 Å². The third-order valence-electron chi connectivity index (χ3n) is 3.81. The van der Waals surface area contributed by atoms with E-state index in [1.165, 1.54) is 12.8 Å². The molecule has 3 heteroatoms. The predicted octanol–water partition coefficient (Wildman–Crippen LogP) is 1.66. The van der Waals surface area contributed by atoms with Gasteiger partial charge >= 0.3 is 0 Å². The van der Waals surface area contributed by atoms with E-state index in [-0.39, 0.29) is 5.91 Å². The second-order valence-electron chi connectivity index (χ2n) is 5.07. The number of nitrogens with zero attached hydrogens (tertiary/aromatic N) is 1. The van der Waals surface area contributed by atoms with Gasteiger partial charge in [0, 0.05) is 13.1 Å². The van der Waals surface area contributed by atoms with Gasteiger partial charge in [0.2, 0.25) is 5.91 Å². The van der Waals surface area contributed by atoms with Gasteiger partial charge in [-0.2, -0.15) is 0 Å². The summed E-state index contributed by atoms with van der Waals surface area (Å²) >= 11 is 0. The Morgan fingerprint density at radius 3 is 2.07 bits per heavy atom. The number of amides is 1. The topological polar surface area (TPSA) is 46.3 Å². The number of carbonyl (C=O) groups excluding carboxylic acids is 1. The molecule has 2 rings (SSSR count). The third kappa shape index (κ3) is 2.33. The van der Waals surface area contributed by atoms with Gasteiger partial charge < -0.3 is 10.6 Å². The summed E-state index contributed by atoms with van der Waals surface area (Å²) < 4.78 is 0. The lowest BCUT2D eigenvalue weighted by Gasteiger charge is -2.38. The lowest BCUT2D eigenvalue weighted by molar-refractivity contribution is -0.139. The van der Waals surface area contributed by atoms with E-state index in [4.69, 9.17) is 5.73 Å². The van der Waals surface area contributed by atoms with Crippen LogP contribution in [0.15, 0.2) is 0 Å². The SMILES string of the molecule is NC1(C(=O)N2CCCCC2)CCCCC1. The van der Waals surface area contributed by atoms with Gasteiger partial charge in [0.15, 0.2) is 0 Å². The molecule has 0 aromatic rings. The summed E-state index contributed by atoms with van der Waals surface area (Å²) in [6.07, 6.45) is 8.84. The molecule has 0 unspecified atom stereocenters. The Balaban J connectivity index is 1.98. The first kappa shape index (κ1) is 10.9. The van der Waals surface area contributed by atoms with Gasteiger partial charge in [-0.25, -0.2) is 0 Å². The van der Waals surface area contributed by atoms with Crippen LogP contribution in [0.5, 0.6) is 0 Å². The van der Waals surface area contributed by atoms with Crippen LogP contribution in [0.2, 0.25) is 0 Å². The summed E-state index contributed by atoms with van der Waals surface area (Å²) in [5.41, 5.74) is 5.72. The number of piperidine rings is 1. The molecule has 1 saturated heterocycles. The smallest absolute Gasteiger partial charge is 0.242 e. The second-order valence-corrected chi connectivity index (χ2v) is 5.07. The van der Waals surface area contributed by atoms with Gasteiger partial charge in [0.05, 0.1) is 5.54 Å². The van der Waals surface area contributed by atoms with E-state index in [1.54, 1.807) is 0 Å². The maximum atomic E-state index is 12.3. The Labute approximate surface area is 92.0 Å². The first-order valence-corrected chi connectivity index (χ1v) is 6.31. The fourth-order valence-electron chi connectivity index (χ4n) is 2.81. The van der Waals surface area contributed by atoms with Gasteiger partial charge in [0.25, 0.3) is 0 Å². The molecule has 1 aliphatic heterocycles. The van der Waals surface area contributed by atoms with Crippen LogP contribution in [-0.4, -0.2) is 29.4 Å². The molecule has 86 valence electrons. The minimum Gasteiger partial charge on any atom is -0.341 e. The Morgan fingerprint density at radius 2 is 1.47 bits per heavy atom. The Hall–Kier alpha value is -0.570. The van der Waals surface area contributed by atoms with E-state index in [9.17, 15) is 4.79 Å². The normalized spacial score (nSPS) is 26.3. The highest BCUT2D eigenvalue weighted by Gasteiger charge is 2.38. The zero-order chi connectivity index (χ0) is 10.7.